The molecule has 2 fully saturated rings. The number of hydrogen-bond acceptors (Lipinski definition) is 5. The topological polar surface area (TPSA) is 83.0 Å². The Balaban J connectivity index is 1.70. The number of morpholine rings is 1. The van der Waals surface area contributed by atoms with Crippen molar-refractivity contribution in [1.29, 1.82) is 0 Å². The Morgan fingerprint density at radius 3 is 2.69 bits per heavy atom. The molecule has 3 rings (SSSR count). The van der Waals surface area contributed by atoms with Crippen molar-refractivity contribution in [3.05, 3.63) is 34.9 Å². The van der Waals surface area contributed by atoms with Gasteiger partial charge in [-0.05, 0) is 38.0 Å². The monoisotopic (exact) mass is 442 g/mol. The van der Waals surface area contributed by atoms with E-state index in [0.717, 1.165) is 13.1 Å². The molecule has 2 N–H and O–H groups in total. The molecule has 0 aliphatic carbocycles. The predicted molar refractivity (Wildman–Crippen MR) is 117 cm³/mol. The molecule has 29 heavy (non-hydrogen) atoms. The number of nitrogens with zero attached hydrogens (tertiary/aromatic N) is 2. The second-order valence-corrected chi connectivity index (χ2v) is 11.0. The lowest BCUT2D eigenvalue weighted by atomic mass is 10.0. The van der Waals surface area contributed by atoms with Crippen molar-refractivity contribution in [2.45, 2.75) is 38.0 Å². The van der Waals surface area contributed by atoms with Crippen LogP contribution in [0.25, 0.3) is 0 Å². The summed E-state index contributed by atoms with van der Waals surface area (Å²) >= 11 is 6.09. The maximum Gasteiger partial charge on any atom is 0.191 e. The molecule has 1 aromatic rings. The van der Waals surface area contributed by atoms with Crippen LogP contribution in [0.15, 0.2) is 29.3 Å². The quantitative estimate of drug-likeness (QED) is 0.535. The highest BCUT2D eigenvalue weighted by Crippen LogP contribution is 2.27. The fraction of sp³-hybridized carbons (Fsp3) is 0.650. The van der Waals surface area contributed by atoms with Crippen LogP contribution in [0.2, 0.25) is 5.02 Å². The van der Waals surface area contributed by atoms with Crippen LogP contribution >= 0.6 is 11.6 Å². The van der Waals surface area contributed by atoms with Crippen LogP contribution in [-0.4, -0.2) is 75.7 Å². The minimum Gasteiger partial charge on any atom is -0.373 e. The number of nitrogens with one attached hydrogen (secondary N) is 2. The number of guanidine groups is 1. The molecule has 2 saturated heterocycles. The van der Waals surface area contributed by atoms with Crippen molar-refractivity contribution in [1.82, 2.24) is 15.5 Å². The van der Waals surface area contributed by atoms with Crippen molar-refractivity contribution in [2.75, 3.05) is 44.8 Å². The summed E-state index contributed by atoms with van der Waals surface area (Å²) in [5.74, 6) is 1.02. The van der Waals surface area contributed by atoms with Crippen LogP contribution in [0.5, 0.6) is 0 Å². The number of hydrogen-bond donors (Lipinski definition) is 2. The maximum atomic E-state index is 11.7. The molecule has 7 nitrogen and oxygen atoms in total. The molecule has 0 amide bonds. The van der Waals surface area contributed by atoms with Gasteiger partial charge in [-0.15, -0.1) is 0 Å². The largest absolute Gasteiger partial charge is 0.373 e. The minimum absolute atomic E-state index is 0.0949. The molecule has 0 saturated carbocycles. The molecule has 0 spiro atoms. The highest BCUT2D eigenvalue weighted by molar-refractivity contribution is 7.91. The van der Waals surface area contributed by atoms with Gasteiger partial charge < -0.3 is 15.4 Å². The molecule has 1 aromatic carbocycles. The average molecular weight is 443 g/mol. The molecule has 0 bridgehead atoms. The smallest absolute Gasteiger partial charge is 0.191 e. The Hall–Kier alpha value is -1.35. The summed E-state index contributed by atoms with van der Waals surface area (Å²) < 4.78 is 29.3. The van der Waals surface area contributed by atoms with Gasteiger partial charge >= 0.3 is 0 Å². The molecule has 2 aliphatic heterocycles. The van der Waals surface area contributed by atoms with E-state index in [1.165, 1.54) is 5.56 Å². The highest BCUT2D eigenvalue weighted by Gasteiger charge is 2.33. The van der Waals surface area contributed by atoms with Gasteiger partial charge in [0, 0.05) is 37.7 Å². The summed E-state index contributed by atoms with van der Waals surface area (Å²) in [4.78, 5) is 6.70. The van der Waals surface area contributed by atoms with E-state index in [2.05, 4.69) is 46.5 Å². The standard InChI is InChI=1S/C20H31ClN4O3S/c1-20(2)14-25(9-10-28-20)18(15-4-6-16(21)7-5-15)12-23-19(22-3)24-17-8-11-29(26,27)13-17/h4-7,17-18H,8-14H2,1-3H3,(H2,22,23,24). The van der Waals surface area contributed by atoms with Crippen LogP contribution in [0, 0.1) is 0 Å². The molecule has 2 unspecified atom stereocenters. The molecule has 2 aliphatic rings. The lowest BCUT2D eigenvalue weighted by molar-refractivity contribution is -0.0971. The van der Waals surface area contributed by atoms with Gasteiger partial charge in [0.05, 0.1) is 29.8 Å². The van der Waals surface area contributed by atoms with Crippen LogP contribution in [-0.2, 0) is 14.6 Å². The van der Waals surface area contributed by atoms with Gasteiger partial charge in [-0.1, -0.05) is 23.7 Å². The van der Waals surface area contributed by atoms with Gasteiger partial charge in [0.1, 0.15) is 0 Å². The SMILES string of the molecule is CN=C(NCC(c1ccc(Cl)cc1)N1CCOC(C)(C)C1)NC1CCS(=O)(=O)C1. The van der Waals surface area contributed by atoms with E-state index in [4.69, 9.17) is 16.3 Å². The van der Waals surface area contributed by atoms with Gasteiger partial charge in [-0.25, -0.2) is 8.42 Å². The highest BCUT2D eigenvalue weighted by atomic mass is 35.5. The summed E-state index contributed by atoms with van der Waals surface area (Å²) in [7, 11) is -1.24. The fourth-order valence-corrected chi connectivity index (χ4v) is 5.75. The second kappa shape index (κ2) is 9.20. The third-order valence-electron chi connectivity index (χ3n) is 5.41. The van der Waals surface area contributed by atoms with Crippen LogP contribution in [0.4, 0.5) is 0 Å². The Morgan fingerprint density at radius 2 is 2.10 bits per heavy atom. The number of halogens is 1. The Bertz CT molecular complexity index is 827. The van der Waals surface area contributed by atoms with E-state index in [9.17, 15) is 8.42 Å². The first-order valence-corrected chi connectivity index (χ1v) is 12.2. The lowest BCUT2D eigenvalue weighted by Crippen LogP contribution is -2.52. The predicted octanol–water partition coefficient (Wildman–Crippen LogP) is 1.84. The molecule has 2 atom stereocenters. The minimum atomic E-state index is -2.94. The fourth-order valence-electron chi connectivity index (χ4n) is 3.95. The first kappa shape index (κ1) is 22.3. The Morgan fingerprint density at radius 1 is 1.38 bits per heavy atom. The number of benzene rings is 1. The zero-order valence-corrected chi connectivity index (χ0v) is 18.9. The van der Waals surface area contributed by atoms with Crippen molar-refractivity contribution in [2.24, 2.45) is 4.99 Å². The van der Waals surface area contributed by atoms with E-state index < -0.39 is 9.84 Å². The number of ether oxygens (including phenoxy) is 1. The third-order valence-corrected chi connectivity index (χ3v) is 7.43. The molecule has 0 radical (unpaired) electrons. The van der Waals surface area contributed by atoms with Gasteiger partial charge in [-0.2, -0.15) is 0 Å². The van der Waals surface area contributed by atoms with Crippen LogP contribution in [0.1, 0.15) is 31.9 Å². The van der Waals surface area contributed by atoms with Gasteiger partial charge in [0.25, 0.3) is 0 Å². The van der Waals surface area contributed by atoms with E-state index in [1.807, 2.05) is 12.1 Å². The van der Waals surface area contributed by atoms with Crippen LogP contribution in [0.3, 0.4) is 0 Å². The average Bonchev–Trinajstić information content (AvgIpc) is 3.00. The zero-order chi connectivity index (χ0) is 21.1. The van der Waals surface area contributed by atoms with Gasteiger partial charge in [-0.3, -0.25) is 9.89 Å². The van der Waals surface area contributed by atoms with Crippen molar-refractivity contribution in [3.8, 4) is 0 Å². The van der Waals surface area contributed by atoms with Crippen molar-refractivity contribution >= 4 is 27.4 Å². The summed E-state index contributed by atoms with van der Waals surface area (Å²) in [6.07, 6.45) is 0.612. The van der Waals surface area contributed by atoms with Gasteiger partial charge in [0.15, 0.2) is 15.8 Å². The maximum absolute atomic E-state index is 11.7. The van der Waals surface area contributed by atoms with E-state index in [-0.39, 0.29) is 29.2 Å². The van der Waals surface area contributed by atoms with Crippen molar-refractivity contribution < 1.29 is 13.2 Å². The second-order valence-electron chi connectivity index (χ2n) is 8.34. The van der Waals surface area contributed by atoms with E-state index >= 15 is 0 Å². The number of rotatable bonds is 5. The first-order chi connectivity index (χ1) is 13.7. The normalized spacial score (nSPS) is 25.5. The molecule has 2 heterocycles. The lowest BCUT2D eigenvalue weighted by Gasteiger charge is -2.42. The van der Waals surface area contributed by atoms with E-state index in [0.29, 0.717) is 30.6 Å². The summed E-state index contributed by atoms with van der Waals surface area (Å²) in [5.41, 5.74) is 0.958. The molecular weight excluding hydrogens is 412 g/mol. The number of sulfone groups is 1. The molecule has 0 aromatic heterocycles. The molecular formula is C20H31ClN4O3S. The Labute approximate surface area is 178 Å². The zero-order valence-electron chi connectivity index (χ0n) is 17.3. The number of aliphatic imine (C=N–C) groups is 1. The third kappa shape index (κ3) is 6.31. The van der Waals surface area contributed by atoms with Crippen molar-refractivity contribution in [3.63, 3.8) is 0 Å². The molecule has 162 valence electrons. The Kier molecular flexibility index (Phi) is 7.09. The molecule has 9 heteroatoms. The summed E-state index contributed by atoms with van der Waals surface area (Å²) in [5, 5.41) is 7.35. The van der Waals surface area contributed by atoms with Gasteiger partial charge in [0.2, 0.25) is 0 Å². The first-order valence-electron chi connectivity index (χ1n) is 9.98. The van der Waals surface area contributed by atoms with Crippen LogP contribution < -0.4 is 10.6 Å². The van der Waals surface area contributed by atoms with E-state index in [1.54, 1.807) is 7.05 Å². The summed E-state index contributed by atoms with van der Waals surface area (Å²) in [6.45, 7) is 7.18. The summed E-state index contributed by atoms with van der Waals surface area (Å²) in [6, 6.07) is 7.94.